The maximum atomic E-state index is 12.5. The number of thiophene rings is 1. The summed E-state index contributed by atoms with van der Waals surface area (Å²) >= 11 is 1.74. The normalized spacial score (nSPS) is 15.9. The molecule has 3 heterocycles. The van der Waals surface area contributed by atoms with Gasteiger partial charge in [-0.1, -0.05) is 0 Å². The van der Waals surface area contributed by atoms with Crippen molar-refractivity contribution in [2.45, 2.75) is 38.6 Å². The average molecular weight is 394 g/mol. The van der Waals surface area contributed by atoms with Gasteiger partial charge in [-0.2, -0.15) is 0 Å². The van der Waals surface area contributed by atoms with Gasteiger partial charge in [-0.15, -0.1) is 11.3 Å². The van der Waals surface area contributed by atoms with Crippen LogP contribution in [0, 0.1) is 0 Å². The minimum Gasteiger partial charge on any atom is -0.452 e. The monoisotopic (exact) mass is 394 g/mol. The molecule has 1 amide bonds. The number of aryl methyl sites for hydroxylation is 2. The van der Waals surface area contributed by atoms with Crippen molar-refractivity contribution in [2.75, 3.05) is 13.2 Å². The summed E-state index contributed by atoms with van der Waals surface area (Å²) in [6.07, 6.45) is 5.39. The number of nitrogens with zero attached hydrogens (tertiary/aromatic N) is 1. The summed E-state index contributed by atoms with van der Waals surface area (Å²) in [5.74, 6) is -0.570. The van der Waals surface area contributed by atoms with Gasteiger partial charge in [0.25, 0.3) is 5.91 Å². The first-order valence-electron chi connectivity index (χ1n) is 9.82. The molecule has 1 aliphatic heterocycles. The van der Waals surface area contributed by atoms with Gasteiger partial charge in [-0.05, 0) is 72.9 Å². The number of aromatic amines is 1. The third-order valence-corrected chi connectivity index (χ3v) is 6.84. The molecule has 2 aromatic heterocycles. The number of aromatic nitrogens is 1. The molecule has 0 saturated carbocycles. The molecule has 0 spiro atoms. The van der Waals surface area contributed by atoms with E-state index in [9.17, 15) is 9.59 Å². The summed E-state index contributed by atoms with van der Waals surface area (Å²) < 4.78 is 5.34. The molecule has 28 heavy (non-hydrogen) atoms. The van der Waals surface area contributed by atoms with Gasteiger partial charge < -0.3 is 14.6 Å². The number of esters is 1. The topological polar surface area (TPSA) is 62.4 Å². The van der Waals surface area contributed by atoms with E-state index in [1.807, 2.05) is 12.1 Å². The summed E-state index contributed by atoms with van der Waals surface area (Å²) in [4.78, 5) is 31.6. The summed E-state index contributed by atoms with van der Waals surface area (Å²) in [6, 6.07) is 7.68. The van der Waals surface area contributed by atoms with Gasteiger partial charge in [0.05, 0.1) is 5.56 Å². The summed E-state index contributed by atoms with van der Waals surface area (Å²) in [7, 11) is 0. The molecule has 1 aliphatic carbocycles. The molecule has 5 rings (SSSR count). The van der Waals surface area contributed by atoms with Crippen LogP contribution in [0.1, 0.15) is 44.9 Å². The highest BCUT2D eigenvalue weighted by Crippen LogP contribution is 2.30. The highest BCUT2D eigenvalue weighted by atomic mass is 32.1. The number of ether oxygens (including phenoxy) is 1. The van der Waals surface area contributed by atoms with Crippen LogP contribution in [0.4, 0.5) is 0 Å². The molecular formula is C22H22N2O3S. The van der Waals surface area contributed by atoms with Crippen LogP contribution in [-0.2, 0) is 35.3 Å². The maximum absolute atomic E-state index is 12.5. The lowest BCUT2D eigenvalue weighted by Gasteiger charge is -2.26. The largest absolute Gasteiger partial charge is 0.452 e. The summed E-state index contributed by atoms with van der Waals surface area (Å²) in [5.41, 5.74) is 5.40. The standard InChI is InChI=1S/C22H22N2O3S/c25-21(24-9-7-20-15(12-24)8-10-28-20)13-27-22(26)14-5-6-19-17(11-14)16-3-1-2-4-18(16)23-19/h5-6,8,10-11,23H,1-4,7,9,12-13H2. The van der Waals surface area contributed by atoms with Gasteiger partial charge in [0.15, 0.2) is 6.61 Å². The third-order valence-electron chi connectivity index (χ3n) is 5.82. The molecule has 3 aromatic rings. The number of hydrogen-bond donors (Lipinski definition) is 1. The molecule has 5 nitrogen and oxygen atoms in total. The van der Waals surface area contributed by atoms with E-state index in [0.717, 1.165) is 30.2 Å². The predicted octanol–water partition coefficient (Wildman–Crippen LogP) is 3.85. The summed E-state index contributed by atoms with van der Waals surface area (Å²) in [6.45, 7) is 1.09. The van der Waals surface area contributed by atoms with E-state index in [4.69, 9.17) is 4.74 Å². The highest BCUT2D eigenvalue weighted by molar-refractivity contribution is 7.10. The number of fused-ring (bicyclic) bond motifs is 4. The molecule has 144 valence electrons. The maximum Gasteiger partial charge on any atom is 0.338 e. The van der Waals surface area contributed by atoms with Gasteiger partial charge in [-0.3, -0.25) is 4.79 Å². The first-order valence-corrected chi connectivity index (χ1v) is 10.7. The zero-order valence-corrected chi connectivity index (χ0v) is 16.4. The van der Waals surface area contributed by atoms with Crippen LogP contribution in [0.2, 0.25) is 0 Å². The second-order valence-electron chi connectivity index (χ2n) is 7.56. The Morgan fingerprint density at radius 1 is 1.14 bits per heavy atom. The zero-order chi connectivity index (χ0) is 19.1. The number of hydrogen-bond acceptors (Lipinski definition) is 4. The van der Waals surface area contributed by atoms with Gasteiger partial charge in [0.2, 0.25) is 0 Å². The van der Waals surface area contributed by atoms with Crippen LogP contribution < -0.4 is 0 Å². The highest BCUT2D eigenvalue weighted by Gasteiger charge is 2.23. The molecule has 0 unspecified atom stereocenters. The van der Waals surface area contributed by atoms with Crippen LogP contribution in [-0.4, -0.2) is 34.9 Å². The second-order valence-corrected chi connectivity index (χ2v) is 8.56. The van der Waals surface area contributed by atoms with Gasteiger partial charge in [-0.25, -0.2) is 4.79 Å². The van der Waals surface area contributed by atoms with E-state index in [2.05, 4.69) is 16.4 Å². The number of benzene rings is 1. The van der Waals surface area contributed by atoms with Crippen molar-refractivity contribution >= 4 is 34.1 Å². The van der Waals surface area contributed by atoms with Crippen LogP contribution in [0.25, 0.3) is 10.9 Å². The van der Waals surface area contributed by atoms with Crippen molar-refractivity contribution in [3.8, 4) is 0 Å². The molecule has 1 N–H and O–H groups in total. The fourth-order valence-electron chi connectivity index (χ4n) is 4.30. The Hall–Kier alpha value is -2.60. The summed E-state index contributed by atoms with van der Waals surface area (Å²) in [5, 5.41) is 3.17. The molecule has 0 atom stereocenters. The lowest BCUT2D eigenvalue weighted by atomic mass is 9.95. The lowest BCUT2D eigenvalue weighted by molar-refractivity contribution is -0.135. The number of H-pyrrole nitrogens is 1. The zero-order valence-electron chi connectivity index (χ0n) is 15.6. The van der Waals surface area contributed by atoms with Crippen molar-refractivity contribution in [3.05, 3.63) is 56.9 Å². The fourth-order valence-corrected chi connectivity index (χ4v) is 5.19. The minimum absolute atomic E-state index is 0.134. The fraction of sp³-hybridized carbons (Fsp3) is 0.364. The molecule has 6 heteroatoms. The molecular weight excluding hydrogens is 372 g/mol. The molecule has 2 aliphatic rings. The molecule has 0 bridgehead atoms. The molecule has 0 saturated heterocycles. The smallest absolute Gasteiger partial charge is 0.338 e. The van der Waals surface area contributed by atoms with Gasteiger partial charge in [0, 0.05) is 34.6 Å². The predicted molar refractivity (Wildman–Crippen MR) is 109 cm³/mol. The number of amides is 1. The first kappa shape index (κ1) is 17.5. The average Bonchev–Trinajstić information content (AvgIpc) is 3.34. The van der Waals surface area contributed by atoms with Gasteiger partial charge in [0.1, 0.15) is 0 Å². The van der Waals surface area contributed by atoms with Crippen LogP contribution in [0.15, 0.2) is 29.6 Å². The quantitative estimate of drug-likeness (QED) is 0.687. The Morgan fingerprint density at radius 2 is 2.04 bits per heavy atom. The molecule has 1 aromatic carbocycles. The Bertz CT molecular complexity index is 1070. The Labute approximate surface area is 167 Å². The number of rotatable bonds is 3. The van der Waals surface area contributed by atoms with E-state index in [0.29, 0.717) is 18.7 Å². The molecule has 0 fully saturated rings. The van der Waals surface area contributed by atoms with Crippen molar-refractivity contribution in [2.24, 2.45) is 0 Å². The number of nitrogens with one attached hydrogen (secondary N) is 1. The minimum atomic E-state index is -0.436. The van der Waals surface area contributed by atoms with Crippen LogP contribution in [0.3, 0.4) is 0 Å². The lowest BCUT2D eigenvalue weighted by Crippen LogP contribution is -2.38. The number of carbonyl (C=O) groups excluding carboxylic acids is 2. The van der Waals surface area contributed by atoms with Crippen LogP contribution in [0.5, 0.6) is 0 Å². The number of carbonyl (C=O) groups is 2. The SMILES string of the molecule is O=C(OCC(=O)N1CCc2sccc2C1)c1ccc2[nH]c3c(c2c1)CCCC3. The van der Waals surface area contributed by atoms with Crippen LogP contribution >= 0.6 is 11.3 Å². The van der Waals surface area contributed by atoms with E-state index in [1.165, 1.54) is 34.5 Å². The molecule has 0 radical (unpaired) electrons. The van der Waals surface area contributed by atoms with E-state index in [1.54, 1.807) is 22.3 Å². The van der Waals surface area contributed by atoms with E-state index < -0.39 is 5.97 Å². The Balaban J connectivity index is 1.26. The van der Waals surface area contributed by atoms with Crippen molar-refractivity contribution in [3.63, 3.8) is 0 Å². The second kappa shape index (κ2) is 7.09. The first-order chi connectivity index (χ1) is 13.7. The third kappa shape index (κ3) is 3.11. The van der Waals surface area contributed by atoms with Gasteiger partial charge >= 0.3 is 5.97 Å². The van der Waals surface area contributed by atoms with E-state index >= 15 is 0 Å². The van der Waals surface area contributed by atoms with Crippen molar-refractivity contribution in [1.29, 1.82) is 0 Å². The van der Waals surface area contributed by atoms with E-state index in [-0.39, 0.29) is 12.5 Å². The van der Waals surface area contributed by atoms with Crippen molar-refractivity contribution < 1.29 is 14.3 Å². The van der Waals surface area contributed by atoms with Crippen molar-refractivity contribution in [1.82, 2.24) is 9.88 Å². The Morgan fingerprint density at radius 3 is 2.96 bits per heavy atom. The Kier molecular flexibility index (Phi) is 4.43.